The number of methoxy groups -OCH3 is 1. The van der Waals surface area contributed by atoms with E-state index in [2.05, 4.69) is 82.1 Å². The minimum atomic E-state index is -0.656. The topological polar surface area (TPSA) is 59.4 Å². The van der Waals surface area contributed by atoms with Crippen molar-refractivity contribution >= 4 is 17.6 Å². The lowest BCUT2D eigenvalue weighted by Crippen LogP contribution is -2.34. The van der Waals surface area contributed by atoms with Crippen molar-refractivity contribution in [2.24, 2.45) is 11.8 Å². The summed E-state index contributed by atoms with van der Waals surface area (Å²) in [5.74, 6) is 0.411. The van der Waals surface area contributed by atoms with Crippen LogP contribution in [0.3, 0.4) is 0 Å². The molecular formula is C36H47NO3. The van der Waals surface area contributed by atoms with E-state index in [1.54, 1.807) is 6.20 Å². The summed E-state index contributed by atoms with van der Waals surface area (Å²) in [6.45, 7) is 11.5. The lowest BCUT2D eigenvalue weighted by Gasteiger charge is -2.42. The van der Waals surface area contributed by atoms with E-state index in [-0.39, 0.29) is 17.8 Å². The molecule has 2 atom stereocenters. The van der Waals surface area contributed by atoms with Crippen molar-refractivity contribution in [3.63, 3.8) is 0 Å². The predicted octanol–water partition coefficient (Wildman–Crippen LogP) is 8.17. The van der Waals surface area contributed by atoms with E-state index in [9.17, 15) is 9.90 Å². The van der Waals surface area contributed by atoms with Crippen LogP contribution in [0.2, 0.25) is 0 Å². The van der Waals surface area contributed by atoms with Crippen LogP contribution < -0.4 is 0 Å². The number of allylic oxidation sites excluding steroid dienone is 4. The van der Waals surface area contributed by atoms with E-state index in [4.69, 9.17) is 4.74 Å². The highest BCUT2D eigenvalue weighted by molar-refractivity contribution is 5.75. The molecule has 2 aliphatic rings. The molecule has 4 heteroatoms. The number of ether oxygens (including phenoxy) is 1. The number of aromatic nitrogens is 1. The molecule has 0 amide bonds. The number of esters is 1. The summed E-state index contributed by atoms with van der Waals surface area (Å²) >= 11 is 0. The third kappa shape index (κ3) is 6.17. The predicted molar refractivity (Wildman–Crippen MR) is 165 cm³/mol. The Labute approximate surface area is 241 Å². The van der Waals surface area contributed by atoms with E-state index in [1.165, 1.54) is 41.4 Å². The number of aliphatic hydroxyl groups is 1. The highest BCUT2D eigenvalue weighted by Gasteiger charge is 2.39. The van der Waals surface area contributed by atoms with Gasteiger partial charge in [0.2, 0.25) is 0 Å². The molecule has 1 heterocycles. The number of benzene rings is 1. The van der Waals surface area contributed by atoms with Gasteiger partial charge < -0.3 is 9.84 Å². The second-order valence-corrected chi connectivity index (χ2v) is 12.0. The molecule has 1 N–H and O–H groups in total. The number of pyridine rings is 1. The highest BCUT2D eigenvalue weighted by atomic mass is 16.5. The number of hydrogen-bond donors (Lipinski definition) is 1. The number of nitrogens with zero attached hydrogens (tertiary/aromatic N) is 1. The third-order valence-corrected chi connectivity index (χ3v) is 9.75. The van der Waals surface area contributed by atoms with E-state index >= 15 is 0 Å². The fourth-order valence-corrected chi connectivity index (χ4v) is 6.93. The molecule has 214 valence electrons. The first kappa shape index (κ1) is 30.0. The minimum absolute atomic E-state index is 0.0464. The number of hydrogen-bond acceptors (Lipinski definition) is 4. The molecule has 4 rings (SSSR count). The molecule has 0 aliphatic heterocycles. The minimum Gasteiger partial charge on any atom is -0.469 e. The second kappa shape index (κ2) is 12.7. The Hall–Kier alpha value is -2.98. The van der Waals surface area contributed by atoms with Gasteiger partial charge in [0.25, 0.3) is 0 Å². The molecule has 1 fully saturated rings. The maximum absolute atomic E-state index is 11.8. The molecule has 2 aromatic rings. The van der Waals surface area contributed by atoms with Gasteiger partial charge in [0.15, 0.2) is 0 Å². The van der Waals surface area contributed by atoms with Crippen LogP contribution in [-0.2, 0) is 21.4 Å². The third-order valence-electron chi connectivity index (χ3n) is 9.75. The van der Waals surface area contributed by atoms with Crippen molar-refractivity contribution in [1.82, 2.24) is 4.98 Å². The molecule has 0 bridgehead atoms. The Morgan fingerprint density at radius 1 is 1.07 bits per heavy atom. The van der Waals surface area contributed by atoms with Crippen molar-refractivity contribution in [2.75, 3.05) is 7.11 Å². The Morgan fingerprint density at radius 2 is 1.80 bits per heavy atom. The summed E-state index contributed by atoms with van der Waals surface area (Å²) in [6, 6.07) is 8.99. The van der Waals surface area contributed by atoms with Gasteiger partial charge in [0, 0.05) is 17.8 Å². The van der Waals surface area contributed by atoms with Crippen molar-refractivity contribution in [1.29, 1.82) is 0 Å². The molecular weight excluding hydrogens is 494 g/mol. The quantitative estimate of drug-likeness (QED) is 0.325. The smallest absolute Gasteiger partial charge is 0.310 e. The molecule has 1 saturated carbocycles. The summed E-state index contributed by atoms with van der Waals surface area (Å²) in [4.78, 5) is 16.2. The average molecular weight is 542 g/mol. The standard InChI is InChI=1S/C36H47NO3/c1-7-36(8-2,31-13-12-29(25(3)20-31)16-19-35(39)17-10-9-11-18-35)33-15-14-32(26(4)27(33)5)30-21-28(23-37-24-30)22-34(38)40-6/h12-16,19-21,23-24,26-27,39H,7-11,17-18,22H2,1-6H3/b19-16+. The Balaban J connectivity index is 1.66. The first-order chi connectivity index (χ1) is 19.2. The van der Waals surface area contributed by atoms with Gasteiger partial charge in [0.1, 0.15) is 0 Å². The van der Waals surface area contributed by atoms with Gasteiger partial charge in [-0.1, -0.05) is 95.0 Å². The normalized spacial score (nSPS) is 21.2. The zero-order chi connectivity index (χ0) is 28.9. The molecule has 1 aromatic carbocycles. The van der Waals surface area contributed by atoms with Gasteiger partial charge in [0.05, 0.1) is 19.1 Å². The van der Waals surface area contributed by atoms with E-state index in [0.717, 1.165) is 49.7 Å². The average Bonchev–Trinajstić information content (AvgIpc) is 2.96. The molecule has 0 saturated heterocycles. The lowest BCUT2D eigenvalue weighted by atomic mass is 9.61. The zero-order valence-electron chi connectivity index (χ0n) is 25.3. The van der Waals surface area contributed by atoms with Gasteiger partial charge in [-0.05, 0) is 83.9 Å². The van der Waals surface area contributed by atoms with Crippen LogP contribution in [0.25, 0.3) is 11.6 Å². The monoisotopic (exact) mass is 541 g/mol. The highest BCUT2D eigenvalue weighted by Crippen LogP contribution is 2.49. The molecule has 2 aliphatic carbocycles. The van der Waals surface area contributed by atoms with Gasteiger partial charge in [-0.25, -0.2) is 0 Å². The maximum atomic E-state index is 11.8. The summed E-state index contributed by atoms with van der Waals surface area (Å²) in [7, 11) is 1.42. The molecule has 40 heavy (non-hydrogen) atoms. The molecule has 4 nitrogen and oxygen atoms in total. The summed E-state index contributed by atoms with van der Waals surface area (Å²) in [6.07, 6.45) is 19.9. The van der Waals surface area contributed by atoms with E-state index in [0.29, 0.717) is 11.8 Å². The largest absolute Gasteiger partial charge is 0.469 e. The number of rotatable bonds is 9. The lowest BCUT2D eigenvalue weighted by molar-refractivity contribution is -0.139. The summed E-state index contributed by atoms with van der Waals surface area (Å²) in [5.41, 5.74) is 7.78. The number of carbonyl (C=O) groups is 1. The molecule has 1 aromatic heterocycles. The Bertz CT molecular complexity index is 1290. The number of aryl methyl sites for hydroxylation is 1. The van der Waals surface area contributed by atoms with Gasteiger partial charge in [-0.2, -0.15) is 0 Å². The van der Waals surface area contributed by atoms with Crippen LogP contribution in [0.4, 0.5) is 0 Å². The fraction of sp³-hybridized carbons (Fsp3) is 0.500. The second-order valence-electron chi connectivity index (χ2n) is 12.0. The SMILES string of the molecule is CCC(CC)(C1=CC=C(c2cncc(CC(=O)OC)c2)C(C)C1C)c1ccc(/C=C/C2(O)CCCCC2)c(C)c1. The zero-order valence-corrected chi connectivity index (χ0v) is 25.3. The van der Waals surface area contributed by atoms with Crippen LogP contribution >= 0.6 is 0 Å². The van der Waals surface area contributed by atoms with Crippen LogP contribution in [-0.4, -0.2) is 28.8 Å². The van der Waals surface area contributed by atoms with E-state index < -0.39 is 5.60 Å². The van der Waals surface area contributed by atoms with Crippen molar-refractivity contribution < 1.29 is 14.6 Å². The van der Waals surface area contributed by atoms with Gasteiger partial charge in [-0.15, -0.1) is 0 Å². The Morgan fingerprint density at radius 3 is 2.45 bits per heavy atom. The van der Waals surface area contributed by atoms with Crippen molar-refractivity contribution in [2.45, 2.75) is 97.0 Å². The molecule has 2 unspecified atom stereocenters. The van der Waals surface area contributed by atoms with Crippen LogP contribution in [0.1, 0.15) is 100 Å². The Kier molecular flexibility index (Phi) is 9.51. The van der Waals surface area contributed by atoms with Crippen LogP contribution in [0, 0.1) is 18.8 Å². The van der Waals surface area contributed by atoms with E-state index in [1.807, 2.05) is 12.3 Å². The molecule has 0 spiro atoms. The first-order valence-corrected chi connectivity index (χ1v) is 15.1. The fourth-order valence-electron chi connectivity index (χ4n) is 6.93. The summed E-state index contributed by atoms with van der Waals surface area (Å²) < 4.78 is 4.85. The maximum Gasteiger partial charge on any atom is 0.310 e. The van der Waals surface area contributed by atoms with Gasteiger partial charge in [-0.3, -0.25) is 9.78 Å². The van der Waals surface area contributed by atoms with Crippen molar-refractivity contribution in [3.8, 4) is 0 Å². The molecule has 0 radical (unpaired) electrons. The number of carbonyl (C=O) groups excluding carboxylic acids is 1. The summed E-state index contributed by atoms with van der Waals surface area (Å²) in [5, 5.41) is 11.0. The van der Waals surface area contributed by atoms with Crippen LogP contribution in [0.15, 0.2) is 60.5 Å². The van der Waals surface area contributed by atoms with Crippen LogP contribution in [0.5, 0.6) is 0 Å². The van der Waals surface area contributed by atoms with Gasteiger partial charge >= 0.3 is 5.97 Å². The van der Waals surface area contributed by atoms with Crippen molar-refractivity contribution in [3.05, 3.63) is 88.3 Å². The first-order valence-electron chi connectivity index (χ1n) is 15.1.